The molecule has 5 saturated carbocycles. The number of benzene rings is 1. The molecule has 1 amide bonds. The van der Waals surface area contributed by atoms with E-state index in [2.05, 4.69) is 29.2 Å². The van der Waals surface area contributed by atoms with Gasteiger partial charge in [0.25, 0.3) is 0 Å². The Morgan fingerprint density at radius 3 is 2.21 bits per heavy atom. The van der Waals surface area contributed by atoms with Crippen molar-refractivity contribution in [3.05, 3.63) is 29.8 Å². The van der Waals surface area contributed by atoms with Gasteiger partial charge in [-0.1, -0.05) is 12.1 Å². The molecule has 1 aromatic rings. The maximum Gasteiger partial charge on any atom is 0.219 e. The lowest BCUT2D eigenvalue weighted by molar-refractivity contribution is -0.390. The van der Waals surface area contributed by atoms with Crippen LogP contribution in [0.3, 0.4) is 0 Å². The van der Waals surface area contributed by atoms with E-state index < -0.39 is 11.6 Å². The van der Waals surface area contributed by atoms with Crippen molar-refractivity contribution in [2.45, 2.75) is 88.6 Å². The van der Waals surface area contributed by atoms with E-state index in [1.807, 2.05) is 4.90 Å². The Kier molecular flexibility index (Phi) is 6.70. The molecule has 7 nitrogen and oxygen atoms in total. The summed E-state index contributed by atoms with van der Waals surface area (Å²) >= 11 is 0. The van der Waals surface area contributed by atoms with Gasteiger partial charge in [0.1, 0.15) is 5.75 Å². The molecule has 4 bridgehead atoms. The Balaban J connectivity index is 0.862. The predicted octanol–water partition coefficient (Wildman–Crippen LogP) is 5.10. The number of nitrogens with zero attached hydrogens (tertiary/aromatic N) is 2. The zero-order valence-corrected chi connectivity index (χ0v) is 22.9. The Morgan fingerprint density at radius 1 is 0.921 bits per heavy atom. The summed E-state index contributed by atoms with van der Waals surface area (Å²) in [4.78, 5) is 28.2. The highest BCUT2D eigenvalue weighted by Gasteiger charge is 2.66. The van der Waals surface area contributed by atoms with Crippen LogP contribution >= 0.6 is 0 Å². The molecule has 2 saturated heterocycles. The van der Waals surface area contributed by atoms with E-state index in [0.717, 1.165) is 89.0 Å². The van der Waals surface area contributed by atoms with Gasteiger partial charge in [-0.25, -0.2) is 0 Å². The molecule has 1 aromatic carbocycles. The van der Waals surface area contributed by atoms with Crippen LogP contribution in [0.2, 0.25) is 0 Å². The third kappa shape index (κ3) is 4.67. The van der Waals surface area contributed by atoms with Gasteiger partial charge in [0.05, 0.1) is 6.61 Å². The fourth-order valence-electron chi connectivity index (χ4n) is 8.79. The van der Waals surface area contributed by atoms with Crippen LogP contribution in [-0.4, -0.2) is 66.6 Å². The van der Waals surface area contributed by atoms with Crippen molar-refractivity contribution < 1.29 is 24.0 Å². The number of piperazine rings is 1. The van der Waals surface area contributed by atoms with E-state index in [4.69, 9.17) is 19.2 Å². The minimum absolute atomic E-state index is 0.185. The molecular weight excluding hydrogens is 480 g/mol. The first-order valence-electron chi connectivity index (χ1n) is 15.3. The van der Waals surface area contributed by atoms with Crippen LogP contribution in [-0.2, 0) is 19.3 Å². The number of carbonyl (C=O) groups excluding carboxylic acids is 1. The van der Waals surface area contributed by atoms with Gasteiger partial charge < -0.3 is 14.4 Å². The van der Waals surface area contributed by atoms with Crippen LogP contribution in [0, 0.1) is 23.7 Å². The molecule has 0 atom stereocenters. The van der Waals surface area contributed by atoms with Crippen LogP contribution in [0.15, 0.2) is 24.3 Å². The Hall–Kier alpha value is -1.67. The van der Waals surface area contributed by atoms with Crippen molar-refractivity contribution in [1.82, 2.24) is 9.80 Å². The smallest absolute Gasteiger partial charge is 0.219 e. The lowest BCUT2D eigenvalue weighted by Crippen LogP contribution is -2.59. The van der Waals surface area contributed by atoms with Gasteiger partial charge in [-0.05, 0) is 86.8 Å². The average Bonchev–Trinajstić information content (AvgIpc) is 3.30. The Labute approximate surface area is 227 Å². The molecule has 0 N–H and O–H groups in total. The van der Waals surface area contributed by atoms with E-state index in [-0.39, 0.29) is 5.91 Å². The molecule has 0 aromatic heterocycles. The maximum absolute atomic E-state index is 11.5. The van der Waals surface area contributed by atoms with Crippen molar-refractivity contribution in [1.29, 1.82) is 0 Å². The lowest BCUT2D eigenvalue weighted by Gasteiger charge is -2.57. The topological polar surface area (TPSA) is 60.5 Å². The van der Waals surface area contributed by atoms with E-state index in [9.17, 15) is 4.79 Å². The molecule has 208 valence electrons. The van der Waals surface area contributed by atoms with Crippen LogP contribution in [0.25, 0.3) is 0 Å². The molecule has 2 spiro atoms. The second kappa shape index (κ2) is 10.1. The van der Waals surface area contributed by atoms with Gasteiger partial charge in [0.15, 0.2) is 0 Å². The van der Waals surface area contributed by atoms with Crippen molar-refractivity contribution in [3.63, 3.8) is 0 Å². The normalized spacial score (nSPS) is 40.3. The molecular formula is C31H44N2O5. The van der Waals surface area contributed by atoms with Gasteiger partial charge in [-0.2, -0.15) is 9.78 Å². The molecule has 38 heavy (non-hydrogen) atoms. The quantitative estimate of drug-likeness (QED) is 0.381. The number of carbonyl (C=O) groups is 1. The third-order valence-electron chi connectivity index (χ3n) is 10.7. The highest BCUT2D eigenvalue weighted by molar-refractivity contribution is 5.73. The lowest BCUT2D eigenvalue weighted by atomic mass is 9.53. The Morgan fingerprint density at radius 2 is 1.58 bits per heavy atom. The molecule has 8 rings (SSSR count). The van der Waals surface area contributed by atoms with Crippen molar-refractivity contribution >= 4 is 5.91 Å². The summed E-state index contributed by atoms with van der Waals surface area (Å²) in [6, 6.07) is 8.73. The molecule has 0 radical (unpaired) electrons. The minimum Gasteiger partial charge on any atom is -0.494 e. The van der Waals surface area contributed by atoms with Crippen LogP contribution in [0.1, 0.15) is 82.6 Å². The van der Waals surface area contributed by atoms with Gasteiger partial charge in [-0.15, -0.1) is 0 Å². The number of hydrogen-bond acceptors (Lipinski definition) is 6. The molecule has 2 heterocycles. The number of ether oxygens (including phenoxy) is 2. The maximum atomic E-state index is 11.5. The van der Waals surface area contributed by atoms with Crippen LogP contribution in [0.5, 0.6) is 5.75 Å². The molecule has 7 aliphatic rings. The average molecular weight is 525 g/mol. The molecule has 7 fully saturated rings. The third-order valence-corrected chi connectivity index (χ3v) is 10.7. The standard InChI is InChI=1S/C31H44N2O5/c1-22(34)33-14-12-32(13-15-33)11-2-16-35-29-5-3-25(4-6-29)26-7-9-30(10-8-26)36-31(38-37-30)27-18-23-17-24(20-27)21-28(31)19-23/h3-6,23-24,26-28H,2,7-21H2,1H3. The summed E-state index contributed by atoms with van der Waals surface area (Å²) in [6.45, 7) is 7.00. The molecule has 2 aliphatic heterocycles. The van der Waals surface area contributed by atoms with Gasteiger partial charge in [0, 0.05) is 64.3 Å². The fraction of sp³-hybridized carbons (Fsp3) is 0.774. The largest absolute Gasteiger partial charge is 0.494 e. The molecule has 0 unspecified atom stereocenters. The van der Waals surface area contributed by atoms with Crippen molar-refractivity contribution in [3.8, 4) is 5.75 Å². The second-order valence-electron chi connectivity index (χ2n) is 13.1. The van der Waals surface area contributed by atoms with E-state index in [1.54, 1.807) is 6.92 Å². The van der Waals surface area contributed by atoms with Crippen molar-refractivity contribution in [2.24, 2.45) is 23.7 Å². The fourth-order valence-corrected chi connectivity index (χ4v) is 8.79. The zero-order valence-electron chi connectivity index (χ0n) is 22.9. The first-order chi connectivity index (χ1) is 18.5. The number of rotatable bonds is 6. The predicted molar refractivity (Wildman–Crippen MR) is 142 cm³/mol. The van der Waals surface area contributed by atoms with Crippen LogP contribution < -0.4 is 4.74 Å². The monoisotopic (exact) mass is 524 g/mol. The number of hydrogen-bond donors (Lipinski definition) is 0. The molecule has 5 aliphatic carbocycles. The first kappa shape index (κ1) is 25.3. The summed E-state index contributed by atoms with van der Waals surface area (Å²) in [5, 5.41) is 0. The highest BCUT2D eigenvalue weighted by atomic mass is 17.3. The summed E-state index contributed by atoms with van der Waals surface area (Å²) in [7, 11) is 0. The summed E-state index contributed by atoms with van der Waals surface area (Å²) in [6.07, 6.45) is 11.4. The summed E-state index contributed by atoms with van der Waals surface area (Å²) in [5.74, 6) is 3.52. The minimum atomic E-state index is -0.534. The summed E-state index contributed by atoms with van der Waals surface area (Å²) in [5.41, 5.74) is 1.39. The first-order valence-corrected chi connectivity index (χ1v) is 15.3. The van der Waals surface area contributed by atoms with E-state index in [1.165, 1.54) is 37.7 Å². The van der Waals surface area contributed by atoms with E-state index >= 15 is 0 Å². The molecule has 7 heteroatoms. The van der Waals surface area contributed by atoms with Gasteiger partial charge >= 0.3 is 0 Å². The van der Waals surface area contributed by atoms with Crippen molar-refractivity contribution in [2.75, 3.05) is 39.3 Å². The Bertz CT molecular complexity index is 968. The van der Waals surface area contributed by atoms with Gasteiger partial charge in [0.2, 0.25) is 17.5 Å². The zero-order chi connectivity index (χ0) is 25.7. The van der Waals surface area contributed by atoms with Crippen LogP contribution in [0.4, 0.5) is 0 Å². The summed E-state index contributed by atoms with van der Waals surface area (Å²) < 4.78 is 12.9. The highest BCUT2D eigenvalue weighted by Crippen LogP contribution is 2.64. The number of amides is 1. The van der Waals surface area contributed by atoms with Gasteiger partial charge in [-0.3, -0.25) is 9.69 Å². The second-order valence-corrected chi connectivity index (χ2v) is 13.1. The SMILES string of the molecule is CC(=O)N1CCN(CCCOc2ccc(C3CCC4(CC3)OOC3(O4)C4CC5CC(C4)CC3C5)cc2)CC1. The van der Waals surface area contributed by atoms with E-state index in [0.29, 0.717) is 17.8 Å².